The molecule has 2 heterocycles. The zero-order chi connectivity index (χ0) is 25.2. The zero-order valence-corrected chi connectivity index (χ0v) is 21.4. The van der Waals surface area contributed by atoms with Crippen molar-refractivity contribution in [2.24, 2.45) is 0 Å². The average molecular weight is 488 g/mol. The van der Waals surface area contributed by atoms with E-state index in [2.05, 4.69) is 114 Å². The van der Waals surface area contributed by atoms with Gasteiger partial charge < -0.3 is 14.1 Å². The Bertz CT molecular complexity index is 1570. The van der Waals surface area contributed by atoms with Crippen molar-refractivity contribution in [3.8, 4) is 28.3 Å². The predicted octanol–water partition coefficient (Wildman–Crippen LogP) is 8.07. The van der Waals surface area contributed by atoms with Crippen LogP contribution >= 0.6 is 0 Å². The van der Waals surface area contributed by atoms with Crippen LogP contribution in [0.1, 0.15) is 32.6 Å². The molecule has 0 unspecified atom stereocenters. The monoisotopic (exact) mass is 487 g/mol. The molecule has 0 radical (unpaired) electrons. The van der Waals surface area contributed by atoms with Gasteiger partial charge in [0.1, 0.15) is 12.6 Å². The highest BCUT2D eigenvalue weighted by Gasteiger charge is 2.33. The van der Waals surface area contributed by atoms with Gasteiger partial charge in [-0.2, -0.15) is 4.57 Å². The van der Waals surface area contributed by atoms with Crippen LogP contribution in [-0.4, -0.2) is 6.54 Å². The van der Waals surface area contributed by atoms with Crippen molar-refractivity contribution >= 4 is 22.5 Å². The molecule has 0 N–H and O–H groups in total. The number of hydrogen-bond donors (Lipinski definition) is 0. The highest BCUT2D eigenvalue weighted by atomic mass is 16.5. The van der Waals surface area contributed by atoms with E-state index in [1.165, 1.54) is 5.39 Å². The van der Waals surface area contributed by atoms with Gasteiger partial charge in [0, 0.05) is 17.5 Å². The van der Waals surface area contributed by atoms with E-state index < -0.39 is 0 Å². The van der Waals surface area contributed by atoms with Crippen molar-refractivity contribution < 1.29 is 13.7 Å². The molecule has 1 aliphatic rings. The fraction of sp³-hybridized carbons (Fsp3) is 0.182. The number of rotatable bonds is 7. The molecular weight excluding hydrogens is 456 g/mol. The van der Waals surface area contributed by atoms with Crippen LogP contribution < -0.4 is 14.2 Å². The van der Waals surface area contributed by atoms with E-state index in [4.69, 9.17) is 9.15 Å². The number of aromatic nitrogens is 1. The van der Waals surface area contributed by atoms with Gasteiger partial charge in [-0.05, 0) is 36.9 Å². The molecule has 4 aromatic carbocycles. The maximum atomic E-state index is 6.66. The number of ether oxygens (including phenoxy) is 1. The van der Waals surface area contributed by atoms with Crippen LogP contribution in [0.4, 0.5) is 5.69 Å². The normalized spacial score (nSPS) is 13.8. The maximum Gasteiger partial charge on any atom is 0.379 e. The summed E-state index contributed by atoms with van der Waals surface area (Å²) in [7, 11) is 0. The molecule has 0 fully saturated rings. The van der Waals surface area contributed by atoms with Crippen LogP contribution in [-0.2, 0) is 6.54 Å². The Kier molecular flexibility index (Phi) is 6.23. The summed E-state index contributed by atoms with van der Waals surface area (Å²) in [6, 6.07) is 33.6. The van der Waals surface area contributed by atoms with Crippen molar-refractivity contribution in [2.75, 3.05) is 11.4 Å². The first-order chi connectivity index (χ1) is 18.3. The zero-order valence-electron chi connectivity index (χ0n) is 21.4. The second-order valence-corrected chi connectivity index (χ2v) is 9.32. The molecule has 1 aliphatic heterocycles. The fourth-order valence-electron chi connectivity index (χ4n) is 5.12. The van der Waals surface area contributed by atoms with Gasteiger partial charge in [0.2, 0.25) is 11.6 Å². The van der Waals surface area contributed by atoms with Crippen molar-refractivity contribution in [1.29, 1.82) is 0 Å². The van der Waals surface area contributed by atoms with E-state index in [1.807, 2.05) is 12.1 Å². The summed E-state index contributed by atoms with van der Waals surface area (Å²) in [5.74, 6) is 3.35. The molecule has 37 heavy (non-hydrogen) atoms. The molecule has 0 aliphatic carbocycles. The second-order valence-electron chi connectivity index (χ2n) is 9.32. The van der Waals surface area contributed by atoms with Crippen molar-refractivity contribution in [3.63, 3.8) is 0 Å². The Morgan fingerprint density at radius 1 is 0.784 bits per heavy atom. The minimum atomic E-state index is 0.768. The summed E-state index contributed by atoms with van der Waals surface area (Å²) in [6.07, 6.45) is 4.25. The second kappa shape index (κ2) is 9.98. The largest absolute Gasteiger partial charge is 0.438 e. The van der Waals surface area contributed by atoms with Crippen LogP contribution in [0.2, 0.25) is 0 Å². The van der Waals surface area contributed by atoms with E-state index in [1.54, 1.807) is 0 Å². The number of hydrogen-bond acceptors (Lipinski definition) is 3. The molecule has 0 bridgehead atoms. The fourth-order valence-corrected chi connectivity index (χ4v) is 5.12. The van der Waals surface area contributed by atoms with Crippen LogP contribution in [0.3, 0.4) is 0 Å². The van der Waals surface area contributed by atoms with Crippen molar-refractivity contribution in [3.05, 3.63) is 109 Å². The topological polar surface area (TPSA) is 29.5 Å². The smallest absolute Gasteiger partial charge is 0.379 e. The van der Waals surface area contributed by atoms with E-state index in [0.717, 1.165) is 77.1 Å². The number of oxazole rings is 1. The summed E-state index contributed by atoms with van der Waals surface area (Å²) in [4.78, 5) is 2.29. The minimum Gasteiger partial charge on any atom is -0.438 e. The van der Waals surface area contributed by atoms with Gasteiger partial charge >= 0.3 is 5.89 Å². The van der Waals surface area contributed by atoms with Crippen LogP contribution in [0, 0.1) is 0 Å². The van der Waals surface area contributed by atoms with Crippen molar-refractivity contribution in [2.45, 2.75) is 33.2 Å². The van der Waals surface area contributed by atoms with E-state index in [0.29, 0.717) is 0 Å². The Labute approximate surface area is 218 Å². The molecule has 184 valence electrons. The van der Waals surface area contributed by atoms with Gasteiger partial charge in [0.05, 0.1) is 11.3 Å². The average Bonchev–Trinajstić information content (AvgIpc) is 3.50. The summed E-state index contributed by atoms with van der Waals surface area (Å²) in [5.41, 5.74) is 4.36. The molecule has 0 atom stereocenters. The molecule has 0 amide bonds. The Hall–Kier alpha value is -4.31. The van der Waals surface area contributed by atoms with E-state index in [9.17, 15) is 0 Å². The molecule has 6 rings (SSSR count). The minimum absolute atomic E-state index is 0.768. The molecule has 0 spiro atoms. The number of anilines is 1. The van der Waals surface area contributed by atoms with Crippen molar-refractivity contribution in [1.82, 2.24) is 0 Å². The first-order valence-electron chi connectivity index (χ1n) is 13.1. The summed E-state index contributed by atoms with van der Waals surface area (Å²) >= 11 is 0. The Morgan fingerprint density at radius 2 is 1.49 bits per heavy atom. The molecule has 5 aromatic rings. The lowest BCUT2D eigenvalue weighted by Gasteiger charge is -2.17. The quantitative estimate of drug-likeness (QED) is 0.217. The third-order valence-electron chi connectivity index (χ3n) is 6.96. The standard InChI is InChI=1S/C33H31N2O2/c1-3-5-22-35-28-21-20-24-14-12-13-19-27(24)33(28)37-30(35)23-29-34(4-2)31(25-15-8-6-9-16-25)32(36-29)26-17-10-7-11-18-26/h6-21,23H,3-5,22H2,1-2H3/q+1. The molecule has 4 nitrogen and oxygen atoms in total. The molecule has 0 saturated carbocycles. The van der Waals surface area contributed by atoms with Gasteiger partial charge in [-0.1, -0.05) is 92.2 Å². The predicted molar refractivity (Wildman–Crippen MR) is 150 cm³/mol. The summed E-state index contributed by atoms with van der Waals surface area (Å²) < 4.78 is 15.5. The van der Waals surface area contributed by atoms with E-state index >= 15 is 0 Å². The highest BCUT2D eigenvalue weighted by Crippen LogP contribution is 2.45. The number of unbranched alkanes of at least 4 members (excludes halogenated alkanes) is 1. The summed E-state index contributed by atoms with van der Waals surface area (Å²) in [6.45, 7) is 6.03. The third-order valence-corrected chi connectivity index (χ3v) is 6.96. The van der Waals surface area contributed by atoms with E-state index in [-0.39, 0.29) is 0 Å². The highest BCUT2D eigenvalue weighted by molar-refractivity contribution is 5.96. The molecule has 0 saturated heterocycles. The van der Waals surface area contributed by atoms with Crippen LogP contribution in [0.15, 0.2) is 107 Å². The third kappa shape index (κ3) is 4.19. The Morgan fingerprint density at radius 3 is 2.22 bits per heavy atom. The number of nitrogens with zero attached hydrogens (tertiary/aromatic N) is 2. The van der Waals surface area contributed by atoms with Gasteiger partial charge in [0.25, 0.3) is 5.69 Å². The number of benzene rings is 4. The Balaban J connectivity index is 1.52. The molecule has 1 aromatic heterocycles. The lowest BCUT2D eigenvalue weighted by molar-refractivity contribution is -0.687. The lowest BCUT2D eigenvalue weighted by Crippen LogP contribution is -2.36. The maximum absolute atomic E-state index is 6.66. The van der Waals surface area contributed by atoms with Crippen LogP contribution in [0.25, 0.3) is 39.4 Å². The van der Waals surface area contributed by atoms with Gasteiger partial charge in [-0.3, -0.25) is 0 Å². The molecular formula is C33H31N2O2+. The van der Waals surface area contributed by atoms with Crippen LogP contribution in [0.5, 0.6) is 5.75 Å². The first-order valence-corrected chi connectivity index (χ1v) is 13.1. The lowest BCUT2D eigenvalue weighted by atomic mass is 10.1. The SMILES string of the molecule is CCCCN1C(=Cc2oc(-c3ccccc3)c(-c3ccccc3)[n+]2CC)Oc2c1ccc1ccccc21. The van der Waals surface area contributed by atoms with Gasteiger partial charge in [0.15, 0.2) is 5.75 Å². The number of fused-ring (bicyclic) bond motifs is 3. The molecule has 4 heteroatoms. The van der Waals surface area contributed by atoms with Gasteiger partial charge in [-0.25, -0.2) is 0 Å². The summed E-state index contributed by atoms with van der Waals surface area (Å²) in [5, 5.41) is 2.31. The first kappa shape index (κ1) is 23.1. The van der Waals surface area contributed by atoms with Gasteiger partial charge in [-0.15, -0.1) is 0 Å².